The van der Waals surface area contributed by atoms with E-state index >= 15 is 0 Å². The summed E-state index contributed by atoms with van der Waals surface area (Å²) in [6.07, 6.45) is 1.96. The highest BCUT2D eigenvalue weighted by Gasteiger charge is 2.28. The highest BCUT2D eigenvalue weighted by Crippen LogP contribution is 2.33. The fraction of sp³-hybridized carbons (Fsp3) is 0.438. The monoisotopic (exact) mass is 314 g/mol. The number of ether oxygens (including phenoxy) is 2. The average Bonchev–Trinajstić information content (AvgIpc) is 3.22. The van der Waals surface area contributed by atoms with Gasteiger partial charge in [-0.15, -0.1) is 0 Å². The van der Waals surface area contributed by atoms with Crippen molar-refractivity contribution >= 4 is 5.91 Å². The van der Waals surface area contributed by atoms with Crippen LogP contribution in [0.5, 0.6) is 11.5 Å². The predicted molar refractivity (Wildman–Crippen MR) is 81.6 cm³/mol. The van der Waals surface area contributed by atoms with Crippen LogP contribution >= 0.6 is 0 Å². The van der Waals surface area contributed by atoms with Gasteiger partial charge in [-0.1, -0.05) is 0 Å². The molecule has 1 saturated heterocycles. The van der Waals surface area contributed by atoms with Crippen molar-refractivity contribution in [3.05, 3.63) is 35.4 Å². The maximum Gasteiger partial charge on any atom is 0.254 e. The Morgan fingerprint density at radius 3 is 3.04 bits per heavy atom. The summed E-state index contributed by atoms with van der Waals surface area (Å²) in [6, 6.07) is 5.33. The van der Waals surface area contributed by atoms with E-state index in [4.69, 9.17) is 9.47 Å². The SMILES string of the molecule is Cc1nc([C@@H]2CCCN(C(=O)c3ccc4c(c3)OCO4)C2)n[nH]1. The molecule has 1 amide bonds. The third-order valence-corrected chi connectivity index (χ3v) is 4.31. The zero-order valence-electron chi connectivity index (χ0n) is 12.9. The number of hydrogen-bond donors (Lipinski definition) is 1. The Morgan fingerprint density at radius 2 is 2.22 bits per heavy atom. The largest absolute Gasteiger partial charge is 0.454 e. The van der Waals surface area contributed by atoms with Gasteiger partial charge < -0.3 is 14.4 Å². The van der Waals surface area contributed by atoms with Crippen LogP contribution in [0.1, 0.15) is 40.8 Å². The molecule has 0 unspecified atom stereocenters. The van der Waals surface area contributed by atoms with E-state index in [1.165, 1.54) is 0 Å². The van der Waals surface area contributed by atoms with Gasteiger partial charge in [-0.2, -0.15) is 5.10 Å². The van der Waals surface area contributed by atoms with Crippen molar-refractivity contribution in [2.45, 2.75) is 25.7 Å². The number of rotatable bonds is 2. The Morgan fingerprint density at radius 1 is 1.35 bits per heavy atom. The van der Waals surface area contributed by atoms with Gasteiger partial charge in [0, 0.05) is 24.6 Å². The van der Waals surface area contributed by atoms with Crippen LogP contribution < -0.4 is 9.47 Å². The van der Waals surface area contributed by atoms with Crippen molar-refractivity contribution in [1.29, 1.82) is 0 Å². The van der Waals surface area contributed by atoms with E-state index in [2.05, 4.69) is 15.2 Å². The lowest BCUT2D eigenvalue weighted by Gasteiger charge is -2.31. The number of aromatic amines is 1. The molecule has 0 bridgehead atoms. The smallest absolute Gasteiger partial charge is 0.254 e. The fourth-order valence-corrected chi connectivity index (χ4v) is 3.13. The van der Waals surface area contributed by atoms with Gasteiger partial charge >= 0.3 is 0 Å². The highest BCUT2D eigenvalue weighted by atomic mass is 16.7. The van der Waals surface area contributed by atoms with Crippen molar-refractivity contribution in [3.8, 4) is 11.5 Å². The van der Waals surface area contributed by atoms with Crippen molar-refractivity contribution in [3.63, 3.8) is 0 Å². The normalized spacial score (nSPS) is 19.9. The first kappa shape index (κ1) is 14.0. The summed E-state index contributed by atoms with van der Waals surface area (Å²) >= 11 is 0. The molecule has 0 radical (unpaired) electrons. The summed E-state index contributed by atoms with van der Waals surface area (Å²) < 4.78 is 10.6. The molecule has 23 heavy (non-hydrogen) atoms. The molecule has 1 fully saturated rings. The molecule has 2 aliphatic rings. The number of nitrogens with zero attached hydrogens (tertiary/aromatic N) is 3. The minimum absolute atomic E-state index is 0.0141. The lowest BCUT2D eigenvalue weighted by Crippen LogP contribution is -2.39. The maximum atomic E-state index is 12.8. The molecular formula is C16H18N4O3. The van der Waals surface area contributed by atoms with Gasteiger partial charge in [0.1, 0.15) is 5.82 Å². The molecule has 2 aromatic rings. The number of likely N-dealkylation sites (tertiary alicyclic amines) is 1. The van der Waals surface area contributed by atoms with Crippen LogP contribution in [0.3, 0.4) is 0 Å². The zero-order chi connectivity index (χ0) is 15.8. The number of benzene rings is 1. The number of nitrogens with one attached hydrogen (secondary N) is 1. The molecule has 120 valence electrons. The fourth-order valence-electron chi connectivity index (χ4n) is 3.13. The first-order valence-electron chi connectivity index (χ1n) is 7.78. The molecule has 2 aliphatic heterocycles. The van der Waals surface area contributed by atoms with E-state index in [-0.39, 0.29) is 18.6 Å². The van der Waals surface area contributed by atoms with Crippen LogP contribution in [-0.2, 0) is 0 Å². The van der Waals surface area contributed by atoms with Crippen LogP contribution in [0.15, 0.2) is 18.2 Å². The standard InChI is InChI=1S/C16H18N4O3/c1-10-17-15(19-18-10)12-3-2-6-20(8-12)16(21)11-4-5-13-14(7-11)23-9-22-13/h4-5,7,12H,2-3,6,8-9H2,1H3,(H,17,18,19)/t12-/m1/s1. The van der Waals surface area contributed by atoms with E-state index in [9.17, 15) is 4.79 Å². The number of aryl methyl sites for hydroxylation is 1. The number of carbonyl (C=O) groups excluding carboxylic acids is 1. The molecule has 3 heterocycles. The third-order valence-electron chi connectivity index (χ3n) is 4.31. The summed E-state index contributed by atoms with van der Waals surface area (Å²) in [7, 11) is 0. The van der Waals surface area contributed by atoms with Crippen LogP contribution in [0.4, 0.5) is 0 Å². The van der Waals surface area contributed by atoms with Crippen molar-refractivity contribution in [2.75, 3.05) is 19.9 Å². The van der Waals surface area contributed by atoms with Gasteiger partial charge in [0.2, 0.25) is 6.79 Å². The van der Waals surface area contributed by atoms with Gasteiger partial charge in [0.15, 0.2) is 17.3 Å². The van der Waals surface area contributed by atoms with E-state index in [0.29, 0.717) is 23.6 Å². The van der Waals surface area contributed by atoms with Crippen molar-refractivity contribution in [2.24, 2.45) is 0 Å². The first-order valence-corrected chi connectivity index (χ1v) is 7.78. The minimum atomic E-state index is 0.0141. The number of hydrogen-bond acceptors (Lipinski definition) is 5. The molecule has 7 heteroatoms. The summed E-state index contributed by atoms with van der Waals surface area (Å²) in [5.74, 6) is 3.13. The summed E-state index contributed by atoms with van der Waals surface area (Å²) in [5, 5.41) is 7.12. The molecule has 7 nitrogen and oxygen atoms in total. The topological polar surface area (TPSA) is 80.3 Å². The van der Waals surface area contributed by atoms with Crippen molar-refractivity contribution in [1.82, 2.24) is 20.1 Å². The second kappa shape index (κ2) is 5.57. The van der Waals surface area contributed by atoms with Gasteiger partial charge in [0.25, 0.3) is 5.91 Å². The van der Waals surface area contributed by atoms with Crippen LogP contribution in [0.2, 0.25) is 0 Å². The Kier molecular flexibility index (Phi) is 3.40. The van der Waals surface area contributed by atoms with E-state index in [0.717, 1.165) is 31.0 Å². The summed E-state index contributed by atoms with van der Waals surface area (Å²) in [5.41, 5.74) is 0.626. The second-order valence-electron chi connectivity index (χ2n) is 5.94. The molecule has 0 saturated carbocycles. The number of carbonyl (C=O) groups is 1. The van der Waals surface area contributed by atoms with E-state index in [1.54, 1.807) is 18.2 Å². The zero-order valence-corrected chi connectivity index (χ0v) is 12.9. The van der Waals surface area contributed by atoms with E-state index < -0.39 is 0 Å². The maximum absolute atomic E-state index is 12.8. The Bertz CT molecular complexity index is 743. The lowest BCUT2D eigenvalue weighted by atomic mass is 9.96. The Hall–Kier alpha value is -2.57. The lowest BCUT2D eigenvalue weighted by molar-refractivity contribution is 0.0704. The highest BCUT2D eigenvalue weighted by molar-refractivity contribution is 5.95. The third kappa shape index (κ3) is 2.62. The number of piperidine rings is 1. The molecule has 1 aromatic heterocycles. The molecular weight excluding hydrogens is 296 g/mol. The number of fused-ring (bicyclic) bond motifs is 1. The van der Waals surface area contributed by atoms with Crippen LogP contribution in [0, 0.1) is 6.92 Å². The summed E-state index contributed by atoms with van der Waals surface area (Å²) in [6.45, 7) is 3.50. The molecule has 1 aromatic carbocycles. The number of amides is 1. The average molecular weight is 314 g/mol. The predicted octanol–water partition coefficient (Wildman–Crippen LogP) is 1.86. The second-order valence-corrected chi connectivity index (χ2v) is 5.94. The Balaban J connectivity index is 1.51. The van der Waals surface area contributed by atoms with Crippen LogP contribution in [0.25, 0.3) is 0 Å². The first-order chi connectivity index (χ1) is 11.2. The molecule has 0 spiro atoms. The quantitative estimate of drug-likeness (QED) is 0.915. The van der Waals surface area contributed by atoms with Gasteiger partial charge in [-0.25, -0.2) is 4.98 Å². The van der Waals surface area contributed by atoms with Gasteiger partial charge in [-0.3, -0.25) is 9.89 Å². The van der Waals surface area contributed by atoms with Gasteiger partial charge in [0.05, 0.1) is 0 Å². The minimum Gasteiger partial charge on any atom is -0.454 e. The van der Waals surface area contributed by atoms with Crippen LogP contribution in [-0.4, -0.2) is 45.9 Å². The van der Waals surface area contributed by atoms with Gasteiger partial charge in [-0.05, 0) is 38.0 Å². The summed E-state index contributed by atoms with van der Waals surface area (Å²) in [4.78, 5) is 19.0. The molecule has 4 rings (SSSR count). The Labute approximate surface area is 133 Å². The molecule has 0 aliphatic carbocycles. The molecule has 1 N–H and O–H groups in total. The number of aromatic nitrogens is 3. The molecule has 1 atom stereocenters. The van der Waals surface area contributed by atoms with E-state index in [1.807, 2.05) is 11.8 Å². The number of H-pyrrole nitrogens is 1. The van der Waals surface area contributed by atoms with Crippen molar-refractivity contribution < 1.29 is 14.3 Å².